The van der Waals surface area contributed by atoms with Crippen LogP contribution in [0.25, 0.3) is 10.2 Å². The minimum absolute atomic E-state index is 0.0150. The molecule has 0 unspecified atom stereocenters. The Balaban J connectivity index is 2.05. The highest BCUT2D eigenvalue weighted by molar-refractivity contribution is 9.10. The van der Waals surface area contributed by atoms with Gasteiger partial charge in [0.25, 0.3) is 5.56 Å². The van der Waals surface area contributed by atoms with E-state index in [1.807, 2.05) is 35.7 Å². The first-order valence-corrected chi connectivity index (χ1v) is 7.08. The predicted molar refractivity (Wildman–Crippen MR) is 77.1 cm³/mol. The van der Waals surface area contributed by atoms with Crippen molar-refractivity contribution in [2.24, 2.45) is 0 Å². The normalized spacial score (nSPS) is 10.9. The molecule has 0 aliphatic rings. The Morgan fingerprint density at radius 2 is 2.22 bits per heavy atom. The van der Waals surface area contributed by atoms with E-state index in [1.165, 1.54) is 11.3 Å². The van der Waals surface area contributed by atoms with Crippen molar-refractivity contribution in [3.63, 3.8) is 0 Å². The van der Waals surface area contributed by atoms with Crippen LogP contribution < -0.4 is 5.56 Å². The summed E-state index contributed by atoms with van der Waals surface area (Å²) in [5.74, 6) is 0. The standard InChI is InChI=1S/C13H9BrN2OS/c14-10-3-1-2-9(6-10)7-16-8-15-12-11(13(16)17)4-5-18-12/h1-6,8H,7H2. The molecule has 5 heteroatoms. The van der Waals surface area contributed by atoms with Crippen molar-refractivity contribution in [1.29, 1.82) is 0 Å². The fourth-order valence-electron chi connectivity index (χ4n) is 1.84. The molecule has 3 nitrogen and oxygen atoms in total. The summed E-state index contributed by atoms with van der Waals surface area (Å²) in [6.45, 7) is 0.539. The maximum Gasteiger partial charge on any atom is 0.262 e. The van der Waals surface area contributed by atoms with Crippen LogP contribution in [-0.2, 0) is 6.54 Å². The molecule has 3 rings (SSSR count). The number of nitrogens with zero attached hydrogens (tertiary/aromatic N) is 2. The van der Waals surface area contributed by atoms with Crippen molar-refractivity contribution in [1.82, 2.24) is 9.55 Å². The third-order valence-electron chi connectivity index (χ3n) is 2.69. The molecule has 0 saturated carbocycles. The van der Waals surface area contributed by atoms with Crippen LogP contribution in [0.15, 0.2) is 51.3 Å². The van der Waals surface area contributed by atoms with Crippen molar-refractivity contribution in [3.8, 4) is 0 Å². The zero-order valence-corrected chi connectivity index (χ0v) is 11.7. The molecule has 0 aliphatic carbocycles. The quantitative estimate of drug-likeness (QED) is 0.726. The molecule has 3 aromatic rings. The summed E-state index contributed by atoms with van der Waals surface area (Å²) in [7, 11) is 0. The van der Waals surface area contributed by atoms with Crippen LogP contribution in [0.2, 0.25) is 0 Å². The first-order valence-electron chi connectivity index (χ1n) is 5.41. The highest BCUT2D eigenvalue weighted by Crippen LogP contribution is 2.15. The van der Waals surface area contributed by atoms with Crippen LogP contribution in [0, 0.1) is 0 Å². The van der Waals surface area contributed by atoms with Crippen LogP contribution >= 0.6 is 27.3 Å². The average molecular weight is 321 g/mol. The van der Waals surface area contributed by atoms with Crippen molar-refractivity contribution < 1.29 is 0 Å². The Labute approximate surface area is 116 Å². The topological polar surface area (TPSA) is 34.9 Å². The van der Waals surface area contributed by atoms with Gasteiger partial charge in [0, 0.05) is 4.47 Å². The lowest BCUT2D eigenvalue weighted by atomic mass is 10.2. The Bertz CT molecular complexity index is 763. The Morgan fingerprint density at radius 1 is 1.33 bits per heavy atom. The second-order valence-electron chi connectivity index (χ2n) is 3.95. The summed E-state index contributed by atoms with van der Waals surface area (Å²) in [6, 6.07) is 9.75. The molecule has 0 atom stereocenters. The van der Waals surface area contributed by atoms with Gasteiger partial charge >= 0.3 is 0 Å². The molecular weight excluding hydrogens is 312 g/mol. The van der Waals surface area contributed by atoms with E-state index in [4.69, 9.17) is 0 Å². The van der Waals surface area contributed by atoms with E-state index in [2.05, 4.69) is 20.9 Å². The zero-order chi connectivity index (χ0) is 12.5. The number of thiophene rings is 1. The second kappa shape index (κ2) is 4.66. The van der Waals surface area contributed by atoms with Gasteiger partial charge in [-0.25, -0.2) is 4.98 Å². The van der Waals surface area contributed by atoms with Crippen molar-refractivity contribution in [2.45, 2.75) is 6.54 Å². The molecule has 0 amide bonds. The number of hydrogen-bond acceptors (Lipinski definition) is 3. The van der Waals surface area contributed by atoms with Gasteiger partial charge in [-0.05, 0) is 29.1 Å². The fraction of sp³-hybridized carbons (Fsp3) is 0.0769. The summed E-state index contributed by atoms with van der Waals surface area (Å²) < 4.78 is 2.65. The van der Waals surface area contributed by atoms with Gasteiger partial charge in [0.2, 0.25) is 0 Å². The van der Waals surface area contributed by atoms with Crippen molar-refractivity contribution in [2.75, 3.05) is 0 Å². The van der Waals surface area contributed by atoms with Gasteiger partial charge in [0.15, 0.2) is 0 Å². The van der Waals surface area contributed by atoms with Crippen molar-refractivity contribution in [3.05, 3.63) is 62.4 Å². The van der Waals surface area contributed by atoms with Crippen molar-refractivity contribution >= 4 is 37.5 Å². The molecule has 90 valence electrons. The molecule has 18 heavy (non-hydrogen) atoms. The minimum Gasteiger partial charge on any atom is -0.294 e. The summed E-state index contributed by atoms with van der Waals surface area (Å²) in [5, 5.41) is 2.58. The second-order valence-corrected chi connectivity index (χ2v) is 5.76. The first-order chi connectivity index (χ1) is 8.74. The van der Waals surface area contributed by atoms with Crippen LogP contribution in [0.1, 0.15) is 5.56 Å². The fourth-order valence-corrected chi connectivity index (χ4v) is 3.01. The SMILES string of the molecule is O=c1c2ccsc2ncn1Cc1cccc(Br)c1. The summed E-state index contributed by atoms with van der Waals surface area (Å²) in [4.78, 5) is 17.3. The van der Waals surface area contributed by atoms with Crippen LogP contribution in [0.4, 0.5) is 0 Å². The van der Waals surface area contributed by atoms with E-state index < -0.39 is 0 Å². The zero-order valence-electron chi connectivity index (χ0n) is 9.34. The van der Waals surface area contributed by atoms with Crippen LogP contribution in [0.3, 0.4) is 0 Å². The van der Waals surface area contributed by atoms with Crippen LogP contribution in [0.5, 0.6) is 0 Å². The molecule has 0 radical (unpaired) electrons. The number of rotatable bonds is 2. The predicted octanol–water partition coefficient (Wildman–Crippen LogP) is 3.27. The molecular formula is C13H9BrN2OS. The Kier molecular flexibility index (Phi) is 3.01. The monoisotopic (exact) mass is 320 g/mol. The largest absolute Gasteiger partial charge is 0.294 e. The number of halogens is 1. The number of benzene rings is 1. The molecule has 0 spiro atoms. The third-order valence-corrected chi connectivity index (χ3v) is 4.01. The molecule has 2 aromatic heterocycles. The maximum atomic E-state index is 12.2. The lowest BCUT2D eigenvalue weighted by Crippen LogP contribution is -2.20. The van der Waals surface area contributed by atoms with E-state index in [9.17, 15) is 4.79 Å². The van der Waals surface area contributed by atoms with Gasteiger partial charge in [-0.3, -0.25) is 9.36 Å². The minimum atomic E-state index is 0.0150. The summed E-state index contributed by atoms with van der Waals surface area (Å²) in [6.07, 6.45) is 1.61. The summed E-state index contributed by atoms with van der Waals surface area (Å²) in [5.41, 5.74) is 1.09. The molecule has 1 aromatic carbocycles. The van der Waals surface area contributed by atoms with E-state index in [0.29, 0.717) is 11.9 Å². The molecule has 0 fully saturated rings. The van der Waals surface area contributed by atoms with Gasteiger partial charge in [-0.1, -0.05) is 28.1 Å². The lowest BCUT2D eigenvalue weighted by molar-refractivity contribution is 0.749. The van der Waals surface area contributed by atoms with Gasteiger partial charge in [0.1, 0.15) is 4.83 Å². The number of hydrogen-bond donors (Lipinski definition) is 0. The molecule has 0 bridgehead atoms. The third kappa shape index (κ3) is 2.11. The smallest absolute Gasteiger partial charge is 0.262 e. The van der Waals surface area contributed by atoms with Gasteiger partial charge in [0.05, 0.1) is 18.3 Å². The highest BCUT2D eigenvalue weighted by Gasteiger charge is 2.05. The Morgan fingerprint density at radius 3 is 3.06 bits per heavy atom. The van der Waals surface area contributed by atoms with E-state index in [1.54, 1.807) is 10.9 Å². The number of aromatic nitrogens is 2. The molecule has 2 heterocycles. The highest BCUT2D eigenvalue weighted by atomic mass is 79.9. The van der Waals surface area contributed by atoms with E-state index >= 15 is 0 Å². The Hall–Kier alpha value is -1.46. The lowest BCUT2D eigenvalue weighted by Gasteiger charge is -2.05. The first kappa shape index (κ1) is 11.6. The van der Waals surface area contributed by atoms with E-state index in [-0.39, 0.29) is 5.56 Å². The van der Waals surface area contributed by atoms with Gasteiger partial charge in [-0.15, -0.1) is 11.3 Å². The molecule has 0 aliphatic heterocycles. The van der Waals surface area contributed by atoms with Gasteiger partial charge < -0.3 is 0 Å². The molecule has 0 saturated heterocycles. The molecule has 0 N–H and O–H groups in total. The summed E-state index contributed by atoms with van der Waals surface area (Å²) >= 11 is 4.91. The van der Waals surface area contributed by atoms with Crippen LogP contribution in [-0.4, -0.2) is 9.55 Å². The van der Waals surface area contributed by atoms with E-state index in [0.717, 1.165) is 14.9 Å². The average Bonchev–Trinajstić information content (AvgIpc) is 2.82. The number of fused-ring (bicyclic) bond motifs is 1. The maximum absolute atomic E-state index is 12.2. The van der Waals surface area contributed by atoms with Gasteiger partial charge in [-0.2, -0.15) is 0 Å².